The van der Waals surface area contributed by atoms with Crippen LogP contribution in [0.4, 0.5) is 5.69 Å². The normalized spacial score (nSPS) is 11.1. The third kappa shape index (κ3) is 2.60. The highest BCUT2D eigenvalue weighted by Gasteiger charge is 2.08. The third-order valence-corrected chi connectivity index (χ3v) is 3.58. The van der Waals surface area contributed by atoms with Crippen LogP contribution in [0.5, 0.6) is 0 Å². The maximum atomic E-state index is 5.98. The van der Waals surface area contributed by atoms with Crippen molar-refractivity contribution in [1.29, 1.82) is 0 Å². The number of nitrogen functional groups attached to an aromatic ring is 1. The van der Waals surface area contributed by atoms with Crippen LogP contribution in [-0.4, -0.2) is 9.97 Å². The summed E-state index contributed by atoms with van der Waals surface area (Å²) in [6.45, 7) is 0. The van der Waals surface area contributed by atoms with Crippen molar-refractivity contribution in [1.82, 2.24) is 9.97 Å². The van der Waals surface area contributed by atoms with Crippen molar-refractivity contribution in [2.24, 2.45) is 0 Å². The standard InChI is InChI=1S/C14H11BrClN3/c15-9-6-11(17)14-12(7-9)18-13(19-14)5-8-2-1-3-10(16)4-8/h1-4,6-7H,5,17H2,(H,18,19). The summed E-state index contributed by atoms with van der Waals surface area (Å²) < 4.78 is 0.940. The van der Waals surface area contributed by atoms with Crippen LogP contribution in [0.3, 0.4) is 0 Å². The topological polar surface area (TPSA) is 54.7 Å². The lowest BCUT2D eigenvalue weighted by atomic mass is 10.1. The van der Waals surface area contributed by atoms with Crippen LogP contribution in [0, 0.1) is 0 Å². The van der Waals surface area contributed by atoms with E-state index < -0.39 is 0 Å². The maximum absolute atomic E-state index is 5.98. The molecule has 3 nitrogen and oxygen atoms in total. The summed E-state index contributed by atoms with van der Waals surface area (Å²) in [6.07, 6.45) is 0.701. The van der Waals surface area contributed by atoms with E-state index in [1.54, 1.807) is 0 Å². The summed E-state index contributed by atoms with van der Waals surface area (Å²) >= 11 is 9.40. The van der Waals surface area contributed by atoms with Gasteiger partial charge in [0.05, 0.1) is 11.2 Å². The fraction of sp³-hybridized carbons (Fsp3) is 0.0714. The monoisotopic (exact) mass is 335 g/mol. The highest BCUT2D eigenvalue weighted by atomic mass is 79.9. The number of nitrogens with one attached hydrogen (secondary N) is 1. The quantitative estimate of drug-likeness (QED) is 0.691. The van der Waals surface area contributed by atoms with Gasteiger partial charge in [0.15, 0.2) is 0 Å². The predicted molar refractivity (Wildman–Crippen MR) is 82.5 cm³/mol. The van der Waals surface area contributed by atoms with Gasteiger partial charge in [0.2, 0.25) is 0 Å². The summed E-state index contributed by atoms with van der Waals surface area (Å²) in [5.41, 5.74) is 9.47. The average molecular weight is 337 g/mol. The molecule has 1 heterocycles. The van der Waals surface area contributed by atoms with Gasteiger partial charge in [-0.05, 0) is 29.8 Å². The molecule has 1 aromatic heterocycles. The molecular formula is C14H11BrClN3. The van der Waals surface area contributed by atoms with Crippen molar-refractivity contribution in [3.63, 3.8) is 0 Å². The number of rotatable bonds is 2. The first kappa shape index (κ1) is 12.5. The fourth-order valence-electron chi connectivity index (χ4n) is 2.08. The molecule has 0 unspecified atom stereocenters. The lowest BCUT2D eigenvalue weighted by Crippen LogP contribution is -1.90. The highest BCUT2D eigenvalue weighted by Crippen LogP contribution is 2.25. The highest BCUT2D eigenvalue weighted by molar-refractivity contribution is 9.10. The van der Waals surface area contributed by atoms with Crippen molar-refractivity contribution in [2.45, 2.75) is 6.42 Å². The Morgan fingerprint density at radius 3 is 2.89 bits per heavy atom. The molecule has 0 aliphatic carbocycles. The van der Waals surface area contributed by atoms with E-state index in [-0.39, 0.29) is 0 Å². The molecule has 0 aliphatic heterocycles. The first-order valence-corrected chi connectivity index (χ1v) is 6.97. The number of aromatic amines is 1. The maximum Gasteiger partial charge on any atom is 0.112 e. The van der Waals surface area contributed by atoms with Crippen molar-refractivity contribution < 1.29 is 0 Å². The Kier molecular flexibility index (Phi) is 3.21. The Balaban J connectivity index is 2.00. The van der Waals surface area contributed by atoms with Crippen LogP contribution in [0.25, 0.3) is 11.0 Å². The van der Waals surface area contributed by atoms with E-state index in [1.165, 1.54) is 0 Å². The zero-order valence-electron chi connectivity index (χ0n) is 9.95. The number of anilines is 1. The van der Waals surface area contributed by atoms with Gasteiger partial charge < -0.3 is 10.7 Å². The number of hydrogen-bond acceptors (Lipinski definition) is 2. The van der Waals surface area contributed by atoms with Crippen LogP contribution in [0.2, 0.25) is 5.02 Å². The second-order valence-electron chi connectivity index (χ2n) is 4.38. The lowest BCUT2D eigenvalue weighted by Gasteiger charge is -1.98. The second kappa shape index (κ2) is 4.87. The first-order valence-electron chi connectivity index (χ1n) is 5.80. The number of hydrogen-bond donors (Lipinski definition) is 2. The molecule has 0 aliphatic rings. The Hall–Kier alpha value is -1.52. The van der Waals surface area contributed by atoms with Gasteiger partial charge in [0, 0.05) is 15.9 Å². The van der Waals surface area contributed by atoms with Gasteiger partial charge in [-0.1, -0.05) is 39.7 Å². The van der Waals surface area contributed by atoms with Crippen LogP contribution in [0.1, 0.15) is 11.4 Å². The van der Waals surface area contributed by atoms with Gasteiger partial charge in [-0.25, -0.2) is 4.98 Å². The van der Waals surface area contributed by atoms with Crippen LogP contribution < -0.4 is 5.73 Å². The van der Waals surface area contributed by atoms with Crippen molar-refractivity contribution in [3.05, 3.63) is 57.3 Å². The summed E-state index contributed by atoms with van der Waals surface area (Å²) in [6, 6.07) is 11.6. The zero-order valence-corrected chi connectivity index (χ0v) is 12.3. The van der Waals surface area contributed by atoms with E-state index in [0.29, 0.717) is 12.1 Å². The molecule has 5 heteroatoms. The SMILES string of the molecule is Nc1cc(Br)cc2[nH]c(Cc3cccc(Cl)c3)nc12. The van der Waals surface area contributed by atoms with Gasteiger partial charge in [0.25, 0.3) is 0 Å². The molecular weight excluding hydrogens is 326 g/mol. The number of H-pyrrole nitrogens is 1. The van der Waals surface area contributed by atoms with E-state index in [0.717, 1.165) is 31.9 Å². The average Bonchev–Trinajstić information content (AvgIpc) is 2.71. The Bertz CT molecular complexity index is 752. The summed E-state index contributed by atoms with van der Waals surface area (Å²) in [5.74, 6) is 0.877. The van der Waals surface area contributed by atoms with E-state index in [9.17, 15) is 0 Å². The van der Waals surface area contributed by atoms with Crippen LogP contribution in [0.15, 0.2) is 40.9 Å². The van der Waals surface area contributed by atoms with Crippen molar-refractivity contribution in [2.75, 3.05) is 5.73 Å². The van der Waals surface area contributed by atoms with E-state index in [1.807, 2.05) is 36.4 Å². The number of aromatic nitrogens is 2. The molecule has 3 rings (SSSR count). The zero-order chi connectivity index (χ0) is 13.4. The molecule has 3 N–H and O–H groups in total. The number of nitrogens with zero attached hydrogens (tertiary/aromatic N) is 1. The molecule has 0 spiro atoms. The summed E-state index contributed by atoms with van der Waals surface area (Å²) in [7, 11) is 0. The van der Waals surface area contributed by atoms with Gasteiger partial charge in [-0.2, -0.15) is 0 Å². The minimum atomic E-state index is 0.665. The first-order chi connectivity index (χ1) is 9.11. The molecule has 0 radical (unpaired) electrons. The van der Waals surface area contributed by atoms with Crippen molar-refractivity contribution >= 4 is 44.3 Å². The van der Waals surface area contributed by atoms with Gasteiger partial charge in [-0.3, -0.25) is 0 Å². The molecule has 0 bridgehead atoms. The Morgan fingerprint density at radius 1 is 1.26 bits per heavy atom. The lowest BCUT2D eigenvalue weighted by molar-refractivity contribution is 1.04. The number of benzene rings is 2. The van der Waals surface area contributed by atoms with E-state index in [4.69, 9.17) is 17.3 Å². The smallest absolute Gasteiger partial charge is 0.112 e. The molecule has 0 saturated heterocycles. The number of imidazole rings is 1. The molecule has 0 fully saturated rings. The largest absolute Gasteiger partial charge is 0.397 e. The van der Waals surface area contributed by atoms with Gasteiger partial charge >= 0.3 is 0 Å². The minimum Gasteiger partial charge on any atom is -0.397 e. The minimum absolute atomic E-state index is 0.665. The Morgan fingerprint density at radius 2 is 2.11 bits per heavy atom. The summed E-state index contributed by atoms with van der Waals surface area (Å²) in [5, 5.41) is 0.732. The molecule has 19 heavy (non-hydrogen) atoms. The second-order valence-corrected chi connectivity index (χ2v) is 5.73. The summed E-state index contributed by atoms with van der Waals surface area (Å²) in [4.78, 5) is 7.81. The van der Waals surface area contributed by atoms with E-state index >= 15 is 0 Å². The molecule has 0 saturated carbocycles. The number of halogens is 2. The van der Waals surface area contributed by atoms with E-state index in [2.05, 4.69) is 25.9 Å². The van der Waals surface area contributed by atoms with Crippen LogP contribution >= 0.6 is 27.5 Å². The van der Waals surface area contributed by atoms with Crippen LogP contribution in [-0.2, 0) is 6.42 Å². The number of fused-ring (bicyclic) bond motifs is 1. The Labute approximate surface area is 123 Å². The molecule has 96 valence electrons. The van der Waals surface area contributed by atoms with Gasteiger partial charge in [0.1, 0.15) is 11.3 Å². The molecule has 3 aromatic rings. The molecule has 0 atom stereocenters. The molecule has 2 aromatic carbocycles. The predicted octanol–water partition coefficient (Wildman–Crippen LogP) is 4.15. The van der Waals surface area contributed by atoms with Crippen molar-refractivity contribution in [3.8, 4) is 0 Å². The number of nitrogens with two attached hydrogens (primary N) is 1. The fourth-order valence-corrected chi connectivity index (χ4v) is 2.77. The molecule has 0 amide bonds. The third-order valence-electron chi connectivity index (χ3n) is 2.89. The van der Waals surface area contributed by atoms with Gasteiger partial charge in [-0.15, -0.1) is 0 Å².